The zero-order valence-corrected chi connectivity index (χ0v) is 19.7. The highest BCUT2D eigenvalue weighted by molar-refractivity contribution is 6.06. The van der Waals surface area contributed by atoms with Gasteiger partial charge in [0.25, 0.3) is 11.8 Å². The number of pyridine rings is 1. The molecule has 36 heavy (non-hydrogen) atoms. The number of benzene rings is 2. The van der Waals surface area contributed by atoms with E-state index >= 15 is 13.2 Å². The number of halogens is 3. The van der Waals surface area contributed by atoms with Crippen molar-refractivity contribution in [1.82, 2.24) is 20.3 Å². The fraction of sp³-hybridized carbons (Fsp3) is 0.259. The van der Waals surface area contributed by atoms with Crippen LogP contribution in [-0.2, 0) is 5.92 Å². The summed E-state index contributed by atoms with van der Waals surface area (Å²) in [4.78, 5) is 25.6. The molecule has 1 saturated carbocycles. The van der Waals surface area contributed by atoms with Gasteiger partial charge in [0.1, 0.15) is 11.1 Å². The minimum Gasteiger partial charge on any atom is -0.452 e. The second-order valence-corrected chi connectivity index (χ2v) is 8.97. The average Bonchev–Trinajstić information content (AvgIpc) is 3.69. The Balaban J connectivity index is 1.47. The summed E-state index contributed by atoms with van der Waals surface area (Å²) in [5, 5.41) is 2.29. The molecule has 2 aromatic carbocycles. The number of aryl methyl sites for hydroxylation is 2. The first-order valence-corrected chi connectivity index (χ1v) is 11.5. The molecule has 1 fully saturated rings. The van der Waals surface area contributed by atoms with Gasteiger partial charge in [0.2, 0.25) is 0 Å². The predicted octanol–water partition coefficient (Wildman–Crippen LogP) is 5.97. The third-order valence-corrected chi connectivity index (χ3v) is 6.17. The molecule has 4 aromatic rings. The molecule has 0 saturated heterocycles. The van der Waals surface area contributed by atoms with Gasteiger partial charge in [-0.05, 0) is 49.8 Å². The van der Waals surface area contributed by atoms with Gasteiger partial charge in [-0.1, -0.05) is 35.9 Å². The molecule has 1 amide bonds. The standard InChI is InChI=1S/C27H23F3N4O2/c1-15-6-9-19(16(2)12-15)27(29,30)14-34-26(35)22-21(13-33-25-24(22)31-10-11-32-25)36-20-5-3-4-18(23(20)28)17-7-8-17/h3-6,9-13,17H,7-8,14H2,1-2H3,(H,34,35). The van der Waals surface area contributed by atoms with E-state index in [-0.39, 0.29) is 39.7 Å². The molecule has 5 rings (SSSR count). The van der Waals surface area contributed by atoms with Gasteiger partial charge in [-0.25, -0.2) is 14.4 Å². The molecular formula is C27H23F3N4O2. The fourth-order valence-electron chi connectivity index (χ4n) is 4.23. The van der Waals surface area contributed by atoms with Crippen molar-refractivity contribution in [3.05, 3.63) is 88.6 Å². The van der Waals surface area contributed by atoms with Gasteiger partial charge in [0, 0.05) is 18.0 Å². The maximum absolute atomic E-state index is 15.1. The molecular weight excluding hydrogens is 469 g/mol. The monoisotopic (exact) mass is 492 g/mol. The van der Waals surface area contributed by atoms with E-state index in [0.717, 1.165) is 18.4 Å². The van der Waals surface area contributed by atoms with E-state index in [4.69, 9.17) is 4.74 Å². The summed E-state index contributed by atoms with van der Waals surface area (Å²) >= 11 is 0. The molecule has 0 bridgehead atoms. The molecule has 0 radical (unpaired) electrons. The van der Waals surface area contributed by atoms with E-state index in [1.165, 1.54) is 30.7 Å². The van der Waals surface area contributed by atoms with Crippen molar-refractivity contribution in [2.45, 2.75) is 38.5 Å². The minimum absolute atomic E-state index is 0.0566. The lowest BCUT2D eigenvalue weighted by atomic mass is 10.00. The summed E-state index contributed by atoms with van der Waals surface area (Å²) in [5.41, 5.74) is 1.68. The topological polar surface area (TPSA) is 77.0 Å². The summed E-state index contributed by atoms with van der Waals surface area (Å²) in [6, 6.07) is 9.43. The van der Waals surface area contributed by atoms with Crippen LogP contribution in [0, 0.1) is 19.7 Å². The molecule has 184 valence electrons. The second-order valence-electron chi connectivity index (χ2n) is 8.97. The predicted molar refractivity (Wildman–Crippen MR) is 128 cm³/mol. The molecule has 0 atom stereocenters. The zero-order valence-electron chi connectivity index (χ0n) is 19.7. The normalized spacial score (nSPS) is 13.6. The van der Waals surface area contributed by atoms with E-state index in [9.17, 15) is 4.79 Å². The van der Waals surface area contributed by atoms with E-state index in [0.29, 0.717) is 11.1 Å². The first kappa shape index (κ1) is 23.7. The van der Waals surface area contributed by atoms with Crippen LogP contribution in [0.3, 0.4) is 0 Å². The van der Waals surface area contributed by atoms with Crippen LogP contribution < -0.4 is 10.1 Å². The molecule has 0 spiro atoms. The van der Waals surface area contributed by atoms with Crippen LogP contribution in [0.2, 0.25) is 0 Å². The van der Waals surface area contributed by atoms with Crippen LogP contribution in [0.4, 0.5) is 13.2 Å². The summed E-state index contributed by atoms with van der Waals surface area (Å²) in [5.74, 6) is -4.76. The third-order valence-electron chi connectivity index (χ3n) is 6.17. The molecule has 6 nitrogen and oxygen atoms in total. The van der Waals surface area contributed by atoms with Gasteiger partial charge in [0.05, 0.1) is 12.7 Å². The highest BCUT2D eigenvalue weighted by atomic mass is 19.3. The molecule has 1 aliphatic rings. The van der Waals surface area contributed by atoms with Gasteiger partial charge < -0.3 is 10.1 Å². The van der Waals surface area contributed by atoms with Crippen molar-refractivity contribution in [2.75, 3.05) is 6.54 Å². The number of fused-ring (bicyclic) bond motifs is 1. The third kappa shape index (κ3) is 4.60. The Hall–Kier alpha value is -4.01. The van der Waals surface area contributed by atoms with Crippen molar-refractivity contribution in [1.29, 1.82) is 0 Å². The number of nitrogens with one attached hydrogen (secondary N) is 1. The first-order valence-electron chi connectivity index (χ1n) is 11.5. The average molecular weight is 493 g/mol. The van der Waals surface area contributed by atoms with E-state index in [2.05, 4.69) is 20.3 Å². The molecule has 1 aliphatic carbocycles. The first-order chi connectivity index (χ1) is 17.2. The lowest BCUT2D eigenvalue weighted by Gasteiger charge is -2.20. The van der Waals surface area contributed by atoms with Gasteiger partial charge in [-0.3, -0.25) is 9.78 Å². The quantitative estimate of drug-likeness (QED) is 0.344. The van der Waals surface area contributed by atoms with Crippen LogP contribution >= 0.6 is 0 Å². The Morgan fingerprint density at radius 3 is 2.61 bits per heavy atom. The molecule has 9 heteroatoms. The number of alkyl halides is 2. The number of amides is 1. The number of carbonyl (C=O) groups excluding carboxylic acids is 1. The van der Waals surface area contributed by atoms with Gasteiger partial charge >= 0.3 is 0 Å². The van der Waals surface area contributed by atoms with Gasteiger partial charge in [-0.15, -0.1) is 0 Å². The summed E-state index contributed by atoms with van der Waals surface area (Å²) < 4.78 is 50.9. The number of rotatable bonds is 7. The van der Waals surface area contributed by atoms with Gasteiger partial charge in [-0.2, -0.15) is 8.78 Å². The number of carbonyl (C=O) groups is 1. The van der Waals surface area contributed by atoms with Crippen molar-refractivity contribution in [3.8, 4) is 11.5 Å². The fourth-order valence-corrected chi connectivity index (χ4v) is 4.23. The smallest absolute Gasteiger partial charge is 0.290 e. The van der Waals surface area contributed by atoms with Crippen LogP contribution in [0.25, 0.3) is 11.2 Å². The van der Waals surface area contributed by atoms with Crippen LogP contribution in [-0.4, -0.2) is 27.4 Å². The number of hydrogen-bond acceptors (Lipinski definition) is 5. The number of ether oxygens (including phenoxy) is 1. The Kier molecular flexibility index (Phi) is 6.07. The number of hydrogen-bond donors (Lipinski definition) is 1. The van der Waals surface area contributed by atoms with E-state index in [1.54, 1.807) is 31.2 Å². The zero-order chi connectivity index (χ0) is 25.4. The lowest BCUT2D eigenvalue weighted by Crippen LogP contribution is -2.35. The summed E-state index contributed by atoms with van der Waals surface area (Å²) in [6.45, 7) is 2.46. The van der Waals surface area contributed by atoms with Gasteiger partial charge in [0.15, 0.2) is 23.0 Å². The van der Waals surface area contributed by atoms with Crippen molar-refractivity contribution >= 4 is 17.1 Å². The number of aromatic nitrogens is 3. The van der Waals surface area contributed by atoms with Crippen LogP contribution in [0.5, 0.6) is 11.5 Å². The molecule has 2 aromatic heterocycles. The Morgan fingerprint density at radius 1 is 1.08 bits per heavy atom. The summed E-state index contributed by atoms with van der Waals surface area (Å²) in [7, 11) is 0. The number of nitrogens with zero attached hydrogens (tertiary/aromatic N) is 3. The molecule has 0 aliphatic heterocycles. The Bertz CT molecular complexity index is 1470. The second kappa shape index (κ2) is 9.22. The highest BCUT2D eigenvalue weighted by Crippen LogP contribution is 2.43. The van der Waals surface area contributed by atoms with Crippen LogP contribution in [0.1, 0.15) is 51.4 Å². The van der Waals surface area contributed by atoms with Crippen molar-refractivity contribution < 1.29 is 22.7 Å². The largest absolute Gasteiger partial charge is 0.452 e. The maximum Gasteiger partial charge on any atom is 0.290 e. The minimum atomic E-state index is -3.33. The van der Waals surface area contributed by atoms with Crippen molar-refractivity contribution in [2.24, 2.45) is 0 Å². The Morgan fingerprint density at radius 2 is 1.86 bits per heavy atom. The maximum atomic E-state index is 15.1. The molecule has 2 heterocycles. The highest BCUT2D eigenvalue weighted by Gasteiger charge is 2.34. The Labute approximate surface area is 205 Å². The summed E-state index contributed by atoms with van der Waals surface area (Å²) in [6.07, 6.45) is 5.76. The molecule has 1 N–H and O–H groups in total. The van der Waals surface area contributed by atoms with E-state index < -0.39 is 24.2 Å². The molecule has 0 unspecified atom stereocenters. The van der Waals surface area contributed by atoms with Crippen LogP contribution in [0.15, 0.2) is 55.0 Å². The lowest BCUT2D eigenvalue weighted by molar-refractivity contribution is -0.00308. The van der Waals surface area contributed by atoms with E-state index in [1.807, 2.05) is 6.92 Å². The SMILES string of the molecule is Cc1ccc(C(F)(F)CNC(=O)c2c(Oc3cccc(C4CC4)c3F)cnc3nccnc23)c(C)c1. The van der Waals surface area contributed by atoms with Crippen molar-refractivity contribution in [3.63, 3.8) is 0 Å².